The van der Waals surface area contributed by atoms with Gasteiger partial charge in [0.1, 0.15) is 5.71 Å². The number of anilines is 1. The zero-order valence-corrected chi connectivity index (χ0v) is 15.4. The number of nitrogens with one attached hydrogen (secondary N) is 1. The molecule has 1 aliphatic rings. The molecule has 3 rings (SSSR count). The second kappa shape index (κ2) is 7.65. The van der Waals surface area contributed by atoms with Crippen LogP contribution in [0, 0.1) is 6.92 Å². The van der Waals surface area contributed by atoms with Crippen LogP contribution in [0.3, 0.4) is 0 Å². The van der Waals surface area contributed by atoms with E-state index in [9.17, 15) is 14.7 Å². The largest absolute Gasteiger partial charge is 0.480 e. The Labute approximate surface area is 155 Å². The highest BCUT2D eigenvalue weighted by Gasteiger charge is 2.36. The van der Waals surface area contributed by atoms with Gasteiger partial charge in [0.2, 0.25) is 0 Å². The molecule has 2 aromatic rings. The lowest BCUT2D eigenvalue weighted by atomic mass is 10.1. The Balaban J connectivity index is 1.68. The quantitative estimate of drug-likeness (QED) is 0.812. The Hall–Kier alpha value is -2.74. The summed E-state index contributed by atoms with van der Waals surface area (Å²) >= 11 is 1.60. The van der Waals surface area contributed by atoms with Gasteiger partial charge in [-0.15, -0.1) is 11.3 Å². The Bertz CT molecular complexity index is 834. The number of aliphatic carboxylic acids is 1. The van der Waals surface area contributed by atoms with Gasteiger partial charge in [-0.2, -0.15) is 5.10 Å². The number of nitrogens with zero attached hydrogens (tertiary/aromatic N) is 3. The molecule has 0 saturated heterocycles. The van der Waals surface area contributed by atoms with Crippen molar-refractivity contribution in [2.75, 3.05) is 11.6 Å². The Morgan fingerprint density at radius 3 is 2.73 bits per heavy atom. The normalized spacial score (nSPS) is 17.7. The average Bonchev–Trinajstić information content (AvgIpc) is 3.27. The van der Waals surface area contributed by atoms with Crippen LogP contribution in [0.25, 0.3) is 0 Å². The first-order valence-corrected chi connectivity index (χ1v) is 9.12. The fourth-order valence-corrected chi connectivity index (χ4v) is 3.52. The van der Waals surface area contributed by atoms with E-state index < -0.39 is 12.0 Å². The lowest BCUT2D eigenvalue weighted by Gasteiger charge is -2.19. The molecule has 8 heteroatoms. The third-order valence-electron chi connectivity index (χ3n) is 4.11. The number of carbonyl (C=O) groups excluding carboxylic acids is 1. The van der Waals surface area contributed by atoms with Crippen molar-refractivity contribution in [2.45, 2.75) is 32.2 Å². The zero-order chi connectivity index (χ0) is 18.7. The molecule has 26 heavy (non-hydrogen) atoms. The van der Waals surface area contributed by atoms with E-state index in [1.54, 1.807) is 35.6 Å². The van der Waals surface area contributed by atoms with Gasteiger partial charge in [-0.1, -0.05) is 25.1 Å². The Morgan fingerprint density at radius 1 is 1.38 bits per heavy atom. The van der Waals surface area contributed by atoms with Gasteiger partial charge in [-0.3, -0.25) is 9.80 Å². The van der Waals surface area contributed by atoms with E-state index in [1.165, 1.54) is 5.01 Å². The summed E-state index contributed by atoms with van der Waals surface area (Å²) in [5.74, 6) is -1.26. The molecule has 0 spiro atoms. The van der Waals surface area contributed by atoms with Gasteiger partial charge in [0.15, 0.2) is 6.04 Å². The van der Waals surface area contributed by atoms with E-state index in [4.69, 9.17) is 0 Å². The second-order valence-corrected chi connectivity index (χ2v) is 7.47. The number of para-hydroxylation sites is 1. The van der Waals surface area contributed by atoms with Crippen molar-refractivity contribution in [1.82, 2.24) is 10.3 Å². The molecule has 1 aliphatic heterocycles. The molecule has 0 fully saturated rings. The van der Waals surface area contributed by atoms with Crippen LogP contribution in [0.1, 0.15) is 29.1 Å². The fourth-order valence-electron chi connectivity index (χ4n) is 2.69. The molecule has 2 heterocycles. The SMILES string of the molecule is Cc1cnc(C(C)CNC(=O)C2=NN(c3ccccc3)C(C(=O)O)C2)s1. The van der Waals surface area contributed by atoms with Gasteiger partial charge >= 0.3 is 5.97 Å². The van der Waals surface area contributed by atoms with E-state index in [1.807, 2.05) is 26.1 Å². The third kappa shape index (κ3) is 3.91. The van der Waals surface area contributed by atoms with E-state index >= 15 is 0 Å². The van der Waals surface area contributed by atoms with Crippen molar-refractivity contribution < 1.29 is 14.7 Å². The van der Waals surface area contributed by atoms with E-state index in [-0.39, 0.29) is 24.0 Å². The average molecular weight is 372 g/mol. The molecule has 136 valence electrons. The van der Waals surface area contributed by atoms with Gasteiger partial charge < -0.3 is 10.4 Å². The second-order valence-electron chi connectivity index (χ2n) is 6.21. The van der Waals surface area contributed by atoms with Gasteiger partial charge in [0, 0.05) is 30.0 Å². The summed E-state index contributed by atoms with van der Waals surface area (Å²) in [6, 6.07) is 8.12. The topological polar surface area (TPSA) is 94.9 Å². The van der Waals surface area contributed by atoms with Crippen LogP contribution in [-0.4, -0.2) is 40.3 Å². The molecule has 0 saturated carbocycles. The van der Waals surface area contributed by atoms with Crippen LogP contribution in [0.4, 0.5) is 5.69 Å². The number of hydrazone groups is 1. The van der Waals surface area contributed by atoms with Gasteiger partial charge in [0.25, 0.3) is 5.91 Å². The van der Waals surface area contributed by atoms with Crippen LogP contribution in [0.2, 0.25) is 0 Å². The van der Waals surface area contributed by atoms with Crippen molar-refractivity contribution in [3.63, 3.8) is 0 Å². The predicted molar refractivity (Wildman–Crippen MR) is 101 cm³/mol. The van der Waals surface area contributed by atoms with Gasteiger partial charge in [0.05, 0.1) is 10.7 Å². The van der Waals surface area contributed by atoms with E-state index in [0.717, 1.165) is 9.88 Å². The molecule has 0 bridgehead atoms. The first-order chi connectivity index (χ1) is 12.5. The lowest BCUT2D eigenvalue weighted by molar-refractivity contribution is -0.138. The molecular weight excluding hydrogens is 352 g/mol. The number of thiazole rings is 1. The highest BCUT2D eigenvalue weighted by Crippen LogP contribution is 2.25. The molecule has 0 aliphatic carbocycles. The number of aromatic nitrogens is 1. The zero-order valence-electron chi connectivity index (χ0n) is 14.5. The number of carboxylic acids is 1. The highest BCUT2D eigenvalue weighted by molar-refractivity contribution is 7.11. The predicted octanol–water partition coefficient (Wildman–Crippen LogP) is 2.39. The van der Waals surface area contributed by atoms with Gasteiger partial charge in [-0.05, 0) is 19.1 Å². The summed E-state index contributed by atoms with van der Waals surface area (Å²) in [5, 5.41) is 18.9. The monoisotopic (exact) mass is 372 g/mol. The maximum atomic E-state index is 12.5. The molecule has 1 aromatic carbocycles. The summed E-state index contributed by atoms with van der Waals surface area (Å²) in [5.41, 5.74) is 0.873. The van der Waals surface area contributed by atoms with Crippen molar-refractivity contribution >= 4 is 34.6 Å². The number of benzene rings is 1. The first-order valence-electron chi connectivity index (χ1n) is 8.30. The molecule has 2 N–H and O–H groups in total. The Morgan fingerprint density at radius 2 is 2.12 bits per heavy atom. The minimum Gasteiger partial charge on any atom is -0.480 e. The summed E-state index contributed by atoms with van der Waals surface area (Å²) in [7, 11) is 0. The Kier molecular flexibility index (Phi) is 5.32. The van der Waals surface area contributed by atoms with Crippen molar-refractivity contribution in [1.29, 1.82) is 0 Å². The lowest BCUT2D eigenvalue weighted by Crippen LogP contribution is -2.36. The molecule has 1 amide bonds. The van der Waals surface area contributed by atoms with Crippen molar-refractivity contribution in [3.05, 3.63) is 46.4 Å². The van der Waals surface area contributed by atoms with Crippen molar-refractivity contribution in [2.24, 2.45) is 5.10 Å². The first kappa shape index (κ1) is 18.1. The maximum Gasteiger partial charge on any atom is 0.328 e. The number of amides is 1. The van der Waals surface area contributed by atoms with Crippen LogP contribution < -0.4 is 10.3 Å². The molecule has 2 unspecified atom stereocenters. The number of aryl methyl sites for hydroxylation is 1. The highest BCUT2D eigenvalue weighted by atomic mass is 32.1. The minimum absolute atomic E-state index is 0.0702. The number of hydrogen-bond acceptors (Lipinski definition) is 6. The summed E-state index contributed by atoms with van der Waals surface area (Å²) in [6.07, 6.45) is 1.88. The molecular formula is C18H20N4O3S. The summed E-state index contributed by atoms with van der Waals surface area (Å²) < 4.78 is 0. The number of carboxylic acid groups (broad SMARTS) is 1. The van der Waals surface area contributed by atoms with Gasteiger partial charge in [-0.25, -0.2) is 9.78 Å². The smallest absolute Gasteiger partial charge is 0.328 e. The van der Waals surface area contributed by atoms with Crippen LogP contribution in [-0.2, 0) is 9.59 Å². The molecule has 0 radical (unpaired) electrons. The molecule has 2 atom stereocenters. The van der Waals surface area contributed by atoms with E-state index in [2.05, 4.69) is 15.4 Å². The molecule has 7 nitrogen and oxygen atoms in total. The number of rotatable bonds is 6. The number of hydrogen-bond donors (Lipinski definition) is 2. The van der Waals surface area contributed by atoms with Crippen LogP contribution in [0.15, 0.2) is 41.6 Å². The molecule has 1 aromatic heterocycles. The summed E-state index contributed by atoms with van der Waals surface area (Å²) in [6.45, 7) is 4.41. The minimum atomic E-state index is -1.01. The standard InChI is InChI=1S/C18H20N4O3S/c1-11(17-20-10-12(2)26-17)9-19-16(23)14-8-15(18(24)25)22(21-14)13-6-4-3-5-7-13/h3-7,10-11,15H,8-9H2,1-2H3,(H,19,23)(H,24,25). The maximum absolute atomic E-state index is 12.5. The summed E-state index contributed by atoms with van der Waals surface area (Å²) in [4.78, 5) is 29.5. The third-order valence-corrected chi connectivity index (χ3v) is 5.25. The fraction of sp³-hybridized carbons (Fsp3) is 0.333. The van der Waals surface area contributed by atoms with E-state index in [0.29, 0.717) is 12.2 Å². The number of carbonyl (C=O) groups is 2. The van der Waals surface area contributed by atoms with Crippen LogP contribution >= 0.6 is 11.3 Å². The van der Waals surface area contributed by atoms with Crippen LogP contribution in [0.5, 0.6) is 0 Å². The van der Waals surface area contributed by atoms with Crippen molar-refractivity contribution in [3.8, 4) is 0 Å².